The van der Waals surface area contributed by atoms with Gasteiger partial charge in [0.15, 0.2) is 0 Å². The van der Waals surface area contributed by atoms with Gasteiger partial charge in [-0.3, -0.25) is 0 Å². The second-order valence-electron chi connectivity index (χ2n) is 9.18. The third-order valence-corrected chi connectivity index (χ3v) is 7.55. The van der Waals surface area contributed by atoms with Crippen LogP contribution in [0.2, 0.25) is 0 Å². The zero-order valence-electron chi connectivity index (χ0n) is 20.2. The summed E-state index contributed by atoms with van der Waals surface area (Å²) < 4.78 is 38.7. The Balaban J connectivity index is 0.00000456. The molecule has 9 nitrogen and oxygen atoms in total. The van der Waals surface area contributed by atoms with Crippen LogP contribution in [0.4, 0.5) is 10.5 Å². The molecule has 1 fully saturated rings. The van der Waals surface area contributed by atoms with E-state index in [4.69, 9.17) is 15.2 Å². The average molecular weight is 548 g/mol. The third kappa shape index (κ3) is 9.16. The first-order chi connectivity index (χ1) is 16.6. The number of benzene rings is 2. The number of nitrogens with two attached hydrogens (primary N) is 1. The fourth-order valence-corrected chi connectivity index (χ4v) is 5.52. The minimum absolute atomic E-state index is 0. The van der Waals surface area contributed by atoms with Crippen LogP contribution in [0, 0.1) is 5.92 Å². The van der Waals surface area contributed by atoms with Crippen LogP contribution in [0.1, 0.15) is 25.8 Å². The summed E-state index contributed by atoms with van der Waals surface area (Å²) in [5.41, 5.74) is 7.06. The fraction of sp³-hybridized carbons (Fsp3) is 0.480. The van der Waals surface area contributed by atoms with Crippen molar-refractivity contribution >= 4 is 59.5 Å². The molecule has 11 heteroatoms. The number of nitrogens with zero attached hydrogens (tertiary/aromatic N) is 1. The van der Waals surface area contributed by atoms with E-state index < -0.39 is 28.3 Å². The van der Waals surface area contributed by atoms with Crippen molar-refractivity contribution in [2.75, 3.05) is 32.0 Å². The number of hydrogen-bond acceptors (Lipinski definition) is 7. The molecule has 0 bridgehead atoms. The monoisotopic (exact) mass is 547 g/mol. The number of carbonyl (C=O) groups excluding carboxylic acids is 1. The van der Waals surface area contributed by atoms with Gasteiger partial charge in [-0.25, -0.2) is 13.2 Å². The van der Waals surface area contributed by atoms with Crippen LogP contribution < -0.4 is 11.1 Å². The quantitative estimate of drug-likeness (QED) is 0.287. The van der Waals surface area contributed by atoms with E-state index in [2.05, 4.69) is 5.32 Å². The second kappa shape index (κ2) is 14.5. The summed E-state index contributed by atoms with van der Waals surface area (Å²) in [6, 6.07) is 14.6. The van der Waals surface area contributed by atoms with Gasteiger partial charge < -0.3 is 25.6 Å². The number of nitrogen functional groups attached to an aromatic ring is 1. The van der Waals surface area contributed by atoms with Crippen LogP contribution in [-0.4, -0.2) is 106 Å². The van der Waals surface area contributed by atoms with E-state index in [0.717, 1.165) is 5.56 Å². The van der Waals surface area contributed by atoms with Gasteiger partial charge >= 0.3 is 43.8 Å². The Morgan fingerprint density at radius 1 is 1.17 bits per heavy atom. The summed E-state index contributed by atoms with van der Waals surface area (Å²) in [6.45, 7) is 4.67. The number of sulfonamides is 1. The van der Waals surface area contributed by atoms with E-state index in [9.17, 15) is 18.3 Å². The van der Waals surface area contributed by atoms with Crippen molar-refractivity contribution in [3.05, 3.63) is 60.2 Å². The Labute approximate surface area is 243 Å². The number of nitrogens with one attached hydrogen (secondary N) is 1. The molecule has 1 saturated heterocycles. The van der Waals surface area contributed by atoms with E-state index in [1.54, 1.807) is 0 Å². The van der Waals surface area contributed by atoms with Crippen LogP contribution in [0.5, 0.6) is 0 Å². The molecule has 3 rings (SSSR count). The van der Waals surface area contributed by atoms with Gasteiger partial charge in [0.25, 0.3) is 0 Å². The fourth-order valence-electron chi connectivity index (χ4n) is 3.90. The molecule has 1 aliphatic rings. The number of carbonyl (C=O) groups is 1. The van der Waals surface area contributed by atoms with Crippen molar-refractivity contribution in [3.8, 4) is 0 Å². The van der Waals surface area contributed by atoms with Gasteiger partial charge in [0, 0.05) is 25.2 Å². The van der Waals surface area contributed by atoms with Gasteiger partial charge in [0.05, 0.1) is 30.3 Å². The van der Waals surface area contributed by atoms with E-state index in [-0.39, 0.29) is 67.7 Å². The van der Waals surface area contributed by atoms with Crippen LogP contribution in [0.25, 0.3) is 0 Å². The molecule has 0 saturated carbocycles. The summed E-state index contributed by atoms with van der Waals surface area (Å²) in [5, 5.41) is 13.9. The number of alkyl carbamates (subject to hydrolysis) is 1. The molecule has 4 N–H and O–H groups in total. The third-order valence-electron chi connectivity index (χ3n) is 5.71. The Bertz CT molecular complexity index is 1050. The van der Waals surface area contributed by atoms with Crippen LogP contribution in [-0.2, 0) is 25.9 Å². The van der Waals surface area contributed by atoms with Crippen molar-refractivity contribution < 1.29 is 27.8 Å². The maximum atomic E-state index is 13.4. The van der Waals surface area contributed by atoms with E-state index in [0.29, 0.717) is 31.7 Å². The van der Waals surface area contributed by atoms with E-state index >= 15 is 0 Å². The standard InChI is InChI=1S/C25H35N3O6S.Ca.2H/c1-18(2)15-28(35(31,32)22-10-8-20(26)9-11-22)16-24(29)23(14-19-6-4-3-5-7-19)27-25(30)34-21-12-13-33-17-21;;;/h3-11,18,21,23-24,29H,12-17,26H2,1-2H3,(H,27,30);;;/t21-,23?,24?;;;/m0.../s1. The molecule has 0 radical (unpaired) electrons. The van der Waals surface area contributed by atoms with Crippen LogP contribution >= 0.6 is 0 Å². The number of aliphatic hydroxyl groups excluding tert-OH is 1. The normalized spacial score (nSPS) is 17.4. The van der Waals surface area contributed by atoms with Gasteiger partial charge in [0.1, 0.15) is 6.10 Å². The molecule has 1 heterocycles. The van der Waals surface area contributed by atoms with E-state index in [1.165, 1.54) is 28.6 Å². The summed E-state index contributed by atoms with van der Waals surface area (Å²) >= 11 is 0. The Morgan fingerprint density at radius 2 is 1.83 bits per heavy atom. The number of hydrogen-bond donors (Lipinski definition) is 3. The number of ether oxygens (including phenoxy) is 2. The first kappa shape index (κ1) is 30.8. The predicted octanol–water partition coefficient (Wildman–Crippen LogP) is 1.49. The van der Waals surface area contributed by atoms with Gasteiger partial charge in [-0.05, 0) is 42.2 Å². The molecule has 0 aromatic heterocycles. The number of anilines is 1. The summed E-state index contributed by atoms with van der Waals surface area (Å²) in [4.78, 5) is 12.7. The Kier molecular flexibility index (Phi) is 12.4. The average Bonchev–Trinajstić information content (AvgIpc) is 3.31. The van der Waals surface area contributed by atoms with Crippen LogP contribution in [0.3, 0.4) is 0 Å². The van der Waals surface area contributed by atoms with Crippen molar-refractivity contribution in [2.24, 2.45) is 5.92 Å². The summed E-state index contributed by atoms with van der Waals surface area (Å²) in [7, 11) is -3.90. The molecule has 196 valence electrons. The molecule has 0 spiro atoms. The zero-order valence-corrected chi connectivity index (χ0v) is 21.0. The Hall–Kier alpha value is -1.40. The van der Waals surface area contributed by atoms with Gasteiger partial charge in [-0.15, -0.1) is 0 Å². The van der Waals surface area contributed by atoms with Gasteiger partial charge in [0.2, 0.25) is 10.0 Å². The zero-order chi connectivity index (χ0) is 25.4. The Morgan fingerprint density at radius 3 is 2.42 bits per heavy atom. The SMILES string of the molecule is CC(C)CN(CC(O)C(Cc1ccccc1)NC(=O)O[C@H]1CCOC1)S(=O)(=O)c1ccc(N)cc1.[CaH2]. The molecule has 0 aliphatic carbocycles. The van der Waals surface area contributed by atoms with Crippen molar-refractivity contribution in [1.82, 2.24) is 9.62 Å². The first-order valence-corrected chi connectivity index (χ1v) is 13.2. The number of rotatable bonds is 11. The van der Waals surface area contributed by atoms with Crippen molar-refractivity contribution in [2.45, 2.75) is 49.8 Å². The van der Waals surface area contributed by atoms with Crippen molar-refractivity contribution in [3.63, 3.8) is 0 Å². The maximum absolute atomic E-state index is 13.4. The molecular formula is C25H37CaN3O6S. The van der Waals surface area contributed by atoms with Crippen LogP contribution in [0.15, 0.2) is 59.5 Å². The number of aliphatic hydroxyl groups is 1. The molecular weight excluding hydrogens is 510 g/mol. The minimum atomic E-state index is -3.90. The topological polar surface area (TPSA) is 131 Å². The molecule has 1 aliphatic heterocycles. The molecule has 1 amide bonds. The molecule has 2 aromatic rings. The van der Waals surface area contributed by atoms with E-state index in [1.807, 2.05) is 44.2 Å². The summed E-state index contributed by atoms with van der Waals surface area (Å²) in [5.74, 6) is 0.0126. The van der Waals surface area contributed by atoms with Crippen molar-refractivity contribution in [1.29, 1.82) is 0 Å². The summed E-state index contributed by atoms with van der Waals surface area (Å²) in [6.07, 6.45) is -1.29. The molecule has 2 unspecified atom stereocenters. The van der Waals surface area contributed by atoms with Gasteiger partial charge in [-0.1, -0.05) is 44.2 Å². The molecule has 2 aromatic carbocycles. The molecule has 3 atom stereocenters. The molecule has 36 heavy (non-hydrogen) atoms. The first-order valence-electron chi connectivity index (χ1n) is 11.8. The number of amides is 1. The predicted molar refractivity (Wildman–Crippen MR) is 142 cm³/mol. The second-order valence-corrected chi connectivity index (χ2v) is 11.1. The van der Waals surface area contributed by atoms with Gasteiger partial charge in [-0.2, -0.15) is 4.31 Å².